The number of aryl methyl sites for hydroxylation is 1. The molecule has 0 unspecified atom stereocenters. The first-order chi connectivity index (χ1) is 9.74. The Bertz CT molecular complexity index is 552. The second-order valence-electron chi connectivity index (χ2n) is 4.67. The molecule has 0 fully saturated rings. The molecule has 0 spiro atoms. The van der Waals surface area contributed by atoms with Gasteiger partial charge in [-0.15, -0.1) is 11.8 Å². The van der Waals surface area contributed by atoms with E-state index in [1.54, 1.807) is 0 Å². The van der Waals surface area contributed by atoms with E-state index in [-0.39, 0.29) is 6.42 Å². The second kappa shape index (κ2) is 7.75. The van der Waals surface area contributed by atoms with Crippen LogP contribution in [-0.2, 0) is 17.0 Å². The van der Waals surface area contributed by atoms with Gasteiger partial charge >= 0.3 is 5.97 Å². The minimum Gasteiger partial charge on any atom is -0.481 e. The number of hydrogen-bond donors (Lipinski definition) is 1. The lowest BCUT2D eigenvalue weighted by Crippen LogP contribution is -1.95. The molecule has 2 aromatic rings. The number of hydrogen-bond acceptors (Lipinski definition) is 2. The molecular weight excluding hydrogens is 268 g/mol. The van der Waals surface area contributed by atoms with Gasteiger partial charge in [-0.25, -0.2) is 0 Å². The molecule has 2 rings (SSSR count). The highest BCUT2D eigenvalue weighted by molar-refractivity contribution is 7.98. The Hall–Kier alpha value is -1.74. The molecule has 0 saturated heterocycles. The van der Waals surface area contributed by atoms with Crippen molar-refractivity contribution in [1.82, 2.24) is 0 Å². The van der Waals surface area contributed by atoms with Crippen molar-refractivity contribution in [3.63, 3.8) is 0 Å². The summed E-state index contributed by atoms with van der Waals surface area (Å²) in [7, 11) is 0. The Morgan fingerprint density at radius 2 is 1.75 bits per heavy atom. The molecular formula is C17H18O2S. The zero-order chi connectivity index (χ0) is 14.2. The van der Waals surface area contributed by atoms with Crippen LogP contribution in [0.15, 0.2) is 59.5 Å². The van der Waals surface area contributed by atoms with E-state index in [1.165, 1.54) is 16.0 Å². The molecule has 0 aliphatic carbocycles. The average Bonchev–Trinajstić information content (AvgIpc) is 2.46. The molecule has 0 atom stereocenters. The third-order valence-corrected chi connectivity index (χ3v) is 4.07. The highest BCUT2D eigenvalue weighted by atomic mass is 32.2. The summed E-state index contributed by atoms with van der Waals surface area (Å²) in [6.07, 6.45) is 1.76. The standard InChI is InChI=1S/C17H18O2S/c18-17(19)11-5-9-14-8-4-10-16(12-14)20-13-15-6-2-1-3-7-15/h1-4,6-8,10,12H,5,9,11,13H2,(H,18,19). The van der Waals surface area contributed by atoms with E-state index in [1.807, 2.05) is 23.9 Å². The predicted octanol–water partition coefficient (Wildman–Crippen LogP) is 4.39. The number of rotatable bonds is 7. The van der Waals surface area contributed by atoms with Crippen molar-refractivity contribution < 1.29 is 9.90 Å². The maximum atomic E-state index is 10.5. The van der Waals surface area contributed by atoms with Crippen LogP contribution in [0.4, 0.5) is 0 Å². The molecule has 0 amide bonds. The second-order valence-corrected chi connectivity index (χ2v) is 5.72. The minimum atomic E-state index is -0.723. The van der Waals surface area contributed by atoms with Crippen LogP contribution in [0.3, 0.4) is 0 Å². The maximum absolute atomic E-state index is 10.5. The van der Waals surface area contributed by atoms with Crippen LogP contribution in [-0.4, -0.2) is 11.1 Å². The normalized spacial score (nSPS) is 10.4. The topological polar surface area (TPSA) is 37.3 Å². The van der Waals surface area contributed by atoms with Crippen molar-refractivity contribution in [1.29, 1.82) is 0 Å². The van der Waals surface area contributed by atoms with E-state index < -0.39 is 5.97 Å². The van der Waals surface area contributed by atoms with E-state index in [4.69, 9.17) is 5.11 Å². The third kappa shape index (κ3) is 5.10. The number of carboxylic acid groups (broad SMARTS) is 1. The molecule has 0 radical (unpaired) electrons. The van der Waals surface area contributed by atoms with Gasteiger partial charge in [0.05, 0.1) is 0 Å². The van der Waals surface area contributed by atoms with E-state index in [9.17, 15) is 4.79 Å². The van der Waals surface area contributed by atoms with Gasteiger partial charge in [-0.2, -0.15) is 0 Å². The molecule has 2 aromatic carbocycles. The Kier molecular flexibility index (Phi) is 5.69. The number of benzene rings is 2. The highest BCUT2D eigenvalue weighted by Crippen LogP contribution is 2.24. The molecule has 2 nitrogen and oxygen atoms in total. The number of carbonyl (C=O) groups is 1. The van der Waals surface area contributed by atoms with Gasteiger partial charge < -0.3 is 5.11 Å². The predicted molar refractivity (Wildman–Crippen MR) is 83.0 cm³/mol. The van der Waals surface area contributed by atoms with E-state index in [2.05, 4.69) is 42.5 Å². The smallest absolute Gasteiger partial charge is 0.303 e. The Morgan fingerprint density at radius 1 is 1.00 bits per heavy atom. The number of thioether (sulfide) groups is 1. The third-order valence-electron chi connectivity index (χ3n) is 3.00. The number of carboxylic acids is 1. The van der Waals surface area contributed by atoms with Crippen LogP contribution in [0, 0.1) is 0 Å². The summed E-state index contributed by atoms with van der Waals surface area (Å²) in [5.41, 5.74) is 2.53. The quantitative estimate of drug-likeness (QED) is 0.767. The molecule has 0 aliphatic heterocycles. The summed E-state index contributed by atoms with van der Waals surface area (Å²) in [4.78, 5) is 11.7. The molecule has 0 aromatic heterocycles. The van der Waals surface area contributed by atoms with Crippen LogP contribution in [0.25, 0.3) is 0 Å². The fourth-order valence-corrected chi connectivity index (χ4v) is 2.91. The summed E-state index contributed by atoms with van der Waals surface area (Å²) >= 11 is 1.81. The highest BCUT2D eigenvalue weighted by Gasteiger charge is 2.01. The average molecular weight is 286 g/mol. The first-order valence-electron chi connectivity index (χ1n) is 6.71. The van der Waals surface area contributed by atoms with Crippen LogP contribution in [0.5, 0.6) is 0 Å². The molecule has 0 bridgehead atoms. The first kappa shape index (κ1) is 14.7. The molecule has 3 heteroatoms. The van der Waals surface area contributed by atoms with Gasteiger partial charge in [-0.3, -0.25) is 4.79 Å². The van der Waals surface area contributed by atoms with Crippen molar-refractivity contribution in [2.75, 3.05) is 0 Å². The fraction of sp³-hybridized carbons (Fsp3) is 0.235. The summed E-state index contributed by atoms with van der Waals surface area (Å²) in [6.45, 7) is 0. The Balaban J connectivity index is 1.87. The molecule has 0 saturated carbocycles. The molecule has 20 heavy (non-hydrogen) atoms. The van der Waals surface area contributed by atoms with Gasteiger partial charge in [0.15, 0.2) is 0 Å². The lowest BCUT2D eigenvalue weighted by Gasteiger charge is -2.05. The molecule has 104 valence electrons. The van der Waals surface area contributed by atoms with E-state index in [0.717, 1.165) is 12.2 Å². The zero-order valence-electron chi connectivity index (χ0n) is 11.3. The van der Waals surface area contributed by atoms with Gasteiger partial charge in [-0.1, -0.05) is 42.5 Å². The van der Waals surface area contributed by atoms with Gasteiger partial charge in [-0.05, 0) is 36.1 Å². The van der Waals surface area contributed by atoms with Crippen molar-refractivity contribution in [3.05, 3.63) is 65.7 Å². The van der Waals surface area contributed by atoms with E-state index in [0.29, 0.717) is 6.42 Å². The first-order valence-corrected chi connectivity index (χ1v) is 7.70. The summed E-state index contributed by atoms with van der Waals surface area (Å²) in [5, 5.41) is 8.65. The molecule has 0 heterocycles. The van der Waals surface area contributed by atoms with Crippen LogP contribution in [0.2, 0.25) is 0 Å². The van der Waals surface area contributed by atoms with Crippen LogP contribution < -0.4 is 0 Å². The number of aliphatic carboxylic acids is 1. The summed E-state index contributed by atoms with van der Waals surface area (Å²) < 4.78 is 0. The summed E-state index contributed by atoms with van der Waals surface area (Å²) in [5.74, 6) is 0.235. The lowest BCUT2D eigenvalue weighted by atomic mass is 10.1. The van der Waals surface area contributed by atoms with Crippen molar-refractivity contribution >= 4 is 17.7 Å². The monoisotopic (exact) mass is 286 g/mol. The molecule has 1 N–H and O–H groups in total. The van der Waals surface area contributed by atoms with E-state index >= 15 is 0 Å². The summed E-state index contributed by atoms with van der Waals surface area (Å²) in [6, 6.07) is 18.8. The Labute approximate surface area is 123 Å². The van der Waals surface area contributed by atoms with Gasteiger partial charge in [0.2, 0.25) is 0 Å². The van der Waals surface area contributed by atoms with Crippen LogP contribution >= 0.6 is 11.8 Å². The van der Waals surface area contributed by atoms with Crippen molar-refractivity contribution in [2.45, 2.75) is 29.9 Å². The van der Waals surface area contributed by atoms with Gasteiger partial charge in [0, 0.05) is 17.1 Å². The minimum absolute atomic E-state index is 0.237. The van der Waals surface area contributed by atoms with Crippen LogP contribution in [0.1, 0.15) is 24.0 Å². The van der Waals surface area contributed by atoms with Crippen molar-refractivity contribution in [3.8, 4) is 0 Å². The SMILES string of the molecule is O=C(O)CCCc1cccc(SCc2ccccc2)c1. The van der Waals surface area contributed by atoms with Crippen molar-refractivity contribution in [2.24, 2.45) is 0 Å². The molecule has 0 aliphatic rings. The maximum Gasteiger partial charge on any atom is 0.303 e. The lowest BCUT2D eigenvalue weighted by molar-refractivity contribution is -0.137. The Morgan fingerprint density at radius 3 is 2.50 bits per heavy atom. The van der Waals surface area contributed by atoms with Gasteiger partial charge in [0.1, 0.15) is 0 Å². The zero-order valence-corrected chi connectivity index (χ0v) is 12.1. The van der Waals surface area contributed by atoms with Gasteiger partial charge in [0.25, 0.3) is 0 Å². The fourth-order valence-electron chi connectivity index (χ4n) is 1.98. The largest absolute Gasteiger partial charge is 0.481 e.